The van der Waals surface area contributed by atoms with Gasteiger partial charge in [-0.2, -0.15) is 13.2 Å². The number of hydrogen-bond donors (Lipinski definition) is 1. The maximum atomic E-state index is 13.0. The van der Waals surface area contributed by atoms with E-state index in [2.05, 4.69) is 10.2 Å². The van der Waals surface area contributed by atoms with E-state index in [-0.39, 0.29) is 18.7 Å². The Balaban J connectivity index is 1.36. The van der Waals surface area contributed by atoms with Crippen LogP contribution in [0.15, 0.2) is 66.7 Å². The molecule has 3 aromatic rings. The number of amides is 2. The summed E-state index contributed by atoms with van der Waals surface area (Å²) in [5.74, 6) is -0.469. The lowest BCUT2D eigenvalue weighted by Gasteiger charge is -2.36. The number of carbonyl (C=O) groups is 2. The first-order chi connectivity index (χ1) is 19.5. The van der Waals surface area contributed by atoms with E-state index >= 15 is 0 Å². The van der Waals surface area contributed by atoms with Crippen LogP contribution in [0.5, 0.6) is 0 Å². The van der Waals surface area contributed by atoms with Crippen LogP contribution in [-0.2, 0) is 22.3 Å². The number of methoxy groups -OCH3 is 1. The molecule has 7 nitrogen and oxygen atoms in total. The summed E-state index contributed by atoms with van der Waals surface area (Å²) in [7, 11) is 1.31. The van der Waals surface area contributed by atoms with Crippen LogP contribution in [-0.4, -0.2) is 61.6 Å². The van der Waals surface area contributed by atoms with Gasteiger partial charge in [-0.25, -0.2) is 9.59 Å². The van der Waals surface area contributed by atoms with Crippen LogP contribution in [0.2, 0.25) is 5.02 Å². The van der Waals surface area contributed by atoms with E-state index < -0.39 is 17.7 Å². The first kappa shape index (κ1) is 30.4. The number of hydrogen-bond acceptors (Lipinski definition) is 5. The maximum Gasteiger partial charge on any atom is 0.416 e. The molecule has 1 atom stereocenters. The van der Waals surface area contributed by atoms with Crippen molar-refractivity contribution in [1.82, 2.24) is 9.80 Å². The number of piperazine rings is 1. The Kier molecular flexibility index (Phi) is 9.90. The van der Waals surface area contributed by atoms with Crippen molar-refractivity contribution < 1.29 is 32.2 Å². The lowest BCUT2D eigenvalue weighted by atomic mass is 10.1. The number of esters is 1. The van der Waals surface area contributed by atoms with Crippen molar-refractivity contribution in [2.24, 2.45) is 0 Å². The van der Waals surface area contributed by atoms with Crippen LogP contribution in [0, 0.1) is 6.92 Å². The molecule has 4 rings (SSSR count). The van der Waals surface area contributed by atoms with E-state index in [0.717, 1.165) is 17.7 Å². The highest BCUT2D eigenvalue weighted by Gasteiger charge is 2.30. The number of rotatable bonds is 8. The zero-order chi connectivity index (χ0) is 29.6. The van der Waals surface area contributed by atoms with Crippen molar-refractivity contribution in [3.63, 3.8) is 0 Å². The average molecular weight is 590 g/mol. The molecular formula is C30H31ClF3N3O4. The summed E-state index contributed by atoms with van der Waals surface area (Å²) in [4.78, 5) is 28.8. The minimum atomic E-state index is -4.39. The summed E-state index contributed by atoms with van der Waals surface area (Å²) in [5, 5.41) is 3.48. The van der Waals surface area contributed by atoms with Gasteiger partial charge in [-0.1, -0.05) is 41.9 Å². The van der Waals surface area contributed by atoms with Gasteiger partial charge in [0.05, 0.1) is 30.9 Å². The predicted molar refractivity (Wildman–Crippen MR) is 150 cm³/mol. The van der Waals surface area contributed by atoms with Gasteiger partial charge >= 0.3 is 18.2 Å². The molecule has 1 fully saturated rings. The zero-order valence-electron chi connectivity index (χ0n) is 22.7. The fourth-order valence-electron chi connectivity index (χ4n) is 4.58. The Hall–Kier alpha value is -3.60. The van der Waals surface area contributed by atoms with Gasteiger partial charge < -0.3 is 19.7 Å². The molecule has 0 spiro atoms. The molecule has 1 saturated heterocycles. The van der Waals surface area contributed by atoms with Gasteiger partial charge in [0.25, 0.3) is 0 Å². The second-order valence-electron chi connectivity index (χ2n) is 9.73. The summed E-state index contributed by atoms with van der Waals surface area (Å²) < 4.78 is 49.8. The molecule has 0 aromatic heterocycles. The summed E-state index contributed by atoms with van der Waals surface area (Å²) in [6.45, 7) is 4.57. The van der Waals surface area contributed by atoms with E-state index in [1.165, 1.54) is 19.2 Å². The van der Waals surface area contributed by atoms with Crippen LogP contribution >= 0.6 is 11.6 Å². The number of benzene rings is 3. The van der Waals surface area contributed by atoms with Crippen molar-refractivity contribution in [3.8, 4) is 0 Å². The van der Waals surface area contributed by atoms with Crippen molar-refractivity contribution >= 4 is 29.3 Å². The molecule has 2 amide bonds. The quantitative estimate of drug-likeness (QED) is 0.301. The van der Waals surface area contributed by atoms with E-state index in [9.17, 15) is 22.8 Å². The molecule has 41 heavy (non-hydrogen) atoms. The summed E-state index contributed by atoms with van der Waals surface area (Å²) in [5.41, 5.74) is 2.37. The number of nitrogens with one attached hydrogen (secondary N) is 1. The highest BCUT2D eigenvalue weighted by Crippen LogP contribution is 2.30. The first-order valence-electron chi connectivity index (χ1n) is 13.0. The van der Waals surface area contributed by atoms with Gasteiger partial charge in [-0.3, -0.25) is 4.90 Å². The zero-order valence-corrected chi connectivity index (χ0v) is 23.5. The molecular weight excluding hydrogens is 559 g/mol. The van der Waals surface area contributed by atoms with Crippen LogP contribution in [0.1, 0.15) is 38.7 Å². The highest BCUT2D eigenvalue weighted by molar-refractivity contribution is 6.30. The fraction of sp³-hybridized carbons (Fsp3) is 0.333. The van der Waals surface area contributed by atoms with Crippen LogP contribution in [0.25, 0.3) is 0 Å². The number of ether oxygens (including phenoxy) is 2. The number of carbonyl (C=O) groups excluding carboxylic acids is 2. The van der Waals surface area contributed by atoms with Crippen molar-refractivity contribution in [2.75, 3.05) is 45.2 Å². The Morgan fingerprint density at radius 1 is 0.976 bits per heavy atom. The molecule has 11 heteroatoms. The normalized spacial score (nSPS) is 14.9. The maximum absolute atomic E-state index is 13.0. The first-order valence-corrected chi connectivity index (χ1v) is 13.4. The van der Waals surface area contributed by atoms with Gasteiger partial charge in [0, 0.05) is 43.4 Å². The smallest absolute Gasteiger partial charge is 0.416 e. The predicted octanol–water partition coefficient (Wildman–Crippen LogP) is 6.56. The topological polar surface area (TPSA) is 71.1 Å². The minimum Gasteiger partial charge on any atom is -0.465 e. The lowest BCUT2D eigenvalue weighted by molar-refractivity contribution is -0.137. The Morgan fingerprint density at radius 2 is 1.63 bits per heavy atom. The van der Waals surface area contributed by atoms with Gasteiger partial charge in [0.1, 0.15) is 0 Å². The summed E-state index contributed by atoms with van der Waals surface area (Å²) in [6.07, 6.45) is -4.76. The highest BCUT2D eigenvalue weighted by atomic mass is 35.5. The molecule has 0 saturated carbocycles. The molecule has 1 unspecified atom stereocenters. The number of anilines is 1. The number of alkyl halides is 3. The molecule has 0 aliphatic carbocycles. The van der Waals surface area contributed by atoms with Gasteiger partial charge in [0.2, 0.25) is 0 Å². The van der Waals surface area contributed by atoms with E-state index in [1.807, 2.05) is 12.1 Å². The Bertz CT molecular complexity index is 1340. The third kappa shape index (κ3) is 8.00. The molecule has 1 aliphatic rings. The Morgan fingerprint density at radius 3 is 2.24 bits per heavy atom. The van der Waals surface area contributed by atoms with Crippen molar-refractivity contribution in [1.29, 1.82) is 0 Å². The van der Waals surface area contributed by atoms with Gasteiger partial charge in [-0.05, 0) is 60.0 Å². The van der Waals surface area contributed by atoms with Crippen LogP contribution in [0.4, 0.5) is 23.7 Å². The molecule has 3 aromatic carbocycles. The number of halogens is 4. The molecule has 1 heterocycles. The third-order valence-corrected chi connectivity index (χ3v) is 7.29. The monoisotopic (exact) mass is 589 g/mol. The van der Waals surface area contributed by atoms with Gasteiger partial charge in [0.15, 0.2) is 0 Å². The third-order valence-electron chi connectivity index (χ3n) is 7.04. The number of nitrogens with zero attached hydrogens (tertiary/aromatic N) is 2. The average Bonchev–Trinajstić information content (AvgIpc) is 2.96. The molecule has 0 radical (unpaired) electrons. The Labute approximate surface area is 241 Å². The molecule has 1 aliphatic heterocycles. The van der Waals surface area contributed by atoms with E-state index in [1.54, 1.807) is 42.2 Å². The molecule has 0 bridgehead atoms. The SMILES string of the molecule is COC(=O)c1cccc(NC(=O)N2CCN(CC(OCc3ccc(C(F)(F)F)cc3)c3ccc(Cl)cc3)CC2)c1C. The van der Waals surface area contributed by atoms with Crippen molar-refractivity contribution in [2.45, 2.75) is 25.8 Å². The van der Waals surface area contributed by atoms with E-state index in [4.69, 9.17) is 21.1 Å². The van der Waals surface area contributed by atoms with Gasteiger partial charge in [-0.15, -0.1) is 0 Å². The second kappa shape index (κ2) is 13.4. The standard InChI is InChI=1S/C30H31ClF3N3O4/c1-20-25(28(38)40-2)4-3-5-26(20)35-29(39)37-16-14-36(15-17-37)18-27(22-8-12-24(31)13-9-22)41-19-21-6-10-23(11-7-21)30(32,33)34/h3-13,27H,14-19H2,1-2H3,(H,35,39). The minimum absolute atomic E-state index is 0.137. The summed E-state index contributed by atoms with van der Waals surface area (Å²) >= 11 is 6.07. The molecule has 1 N–H and O–H groups in total. The van der Waals surface area contributed by atoms with E-state index in [0.29, 0.717) is 60.1 Å². The van der Waals surface area contributed by atoms with Crippen molar-refractivity contribution in [3.05, 3.63) is 99.6 Å². The van der Waals surface area contributed by atoms with Crippen LogP contribution in [0.3, 0.4) is 0 Å². The fourth-order valence-corrected chi connectivity index (χ4v) is 4.71. The number of urea groups is 1. The molecule has 218 valence electrons. The lowest BCUT2D eigenvalue weighted by Crippen LogP contribution is -2.50. The summed E-state index contributed by atoms with van der Waals surface area (Å²) in [6, 6.07) is 17.0. The second-order valence-corrected chi connectivity index (χ2v) is 10.2. The largest absolute Gasteiger partial charge is 0.465 e. The van der Waals surface area contributed by atoms with Crippen LogP contribution < -0.4 is 5.32 Å².